The standard InChI is InChI=1S/C13H18N2O/c1-3-15-9(2)4-5-10-8-11(13(14)16)6-7-12(10)15/h6-9H,3-5H2,1-2H3,(H2,14,16). The highest BCUT2D eigenvalue weighted by Gasteiger charge is 2.22. The number of carbonyl (C=O) groups excluding carboxylic acids is 1. The summed E-state index contributed by atoms with van der Waals surface area (Å²) in [5.74, 6) is -0.343. The zero-order valence-electron chi connectivity index (χ0n) is 9.86. The number of hydrogen-bond acceptors (Lipinski definition) is 2. The number of aryl methyl sites for hydroxylation is 1. The lowest BCUT2D eigenvalue weighted by Gasteiger charge is -2.36. The molecular formula is C13H18N2O. The highest BCUT2D eigenvalue weighted by molar-refractivity contribution is 5.93. The number of nitrogens with two attached hydrogens (primary N) is 1. The molecule has 1 aliphatic rings. The normalized spacial score (nSPS) is 19.4. The van der Waals surface area contributed by atoms with E-state index in [9.17, 15) is 4.79 Å². The molecule has 0 radical (unpaired) electrons. The number of hydrogen-bond donors (Lipinski definition) is 1. The van der Waals surface area contributed by atoms with Gasteiger partial charge in [0.2, 0.25) is 5.91 Å². The van der Waals surface area contributed by atoms with E-state index in [1.54, 1.807) is 0 Å². The van der Waals surface area contributed by atoms with Crippen LogP contribution in [0.4, 0.5) is 5.69 Å². The van der Waals surface area contributed by atoms with Crippen LogP contribution >= 0.6 is 0 Å². The Morgan fingerprint density at radius 3 is 2.94 bits per heavy atom. The van der Waals surface area contributed by atoms with Crippen LogP contribution in [-0.4, -0.2) is 18.5 Å². The average Bonchev–Trinajstić information content (AvgIpc) is 2.28. The predicted octanol–water partition coefficient (Wildman–Crippen LogP) is 1.95. The average molecular weight is 218 g/mol. The molecule has 0 aromatic heterocycles. The molecule has 0 bridgehead atoms. The number of anilines is 1. The topological polar surface area (TPSA) is 46.3 Å². The van der Waals surface area contributed by atoms with E-state index in [4.69, 9.17) is 5.73 Å². The van der Waals surface area contributed by atoms with Crippen molar-refractivity contribution in [3.05, 3.63) is 29.3 Å². The van der Waals surface area contributed by atoms with E-state index in [-0.39, 0.29) is 5.91 Å². The maximum absolute atomic E-state index is 11.1. The number of benzene rings is 1. The Morgan fingerprint density at radius 1 is 1.56 bits per heavy atom. The Hall–Kier alpha value is -1.51. The van der Waals surface area contributed by atoms with Gasteiger partial charge >= 0.3 is 0 Å². The Balaban J connectivity index is 2.42. The van der Waals surface area contributed by atoms with Gasteiger partial charge in [0.1, 0.15) is 0 Å². The van der Waals surface area contributed by atoms with Crippen molar-refractivity contribution in [2.24, 2.45) is 5.73 Å². The van der Waals surface area contributed by atoms with E-state index in [0.29, 0.717) is 11.6 Å². The van der Waals surface area contributed by atoms with Gasteiger partial charge in [0.15, 0.2) is 0 Å². The summed E-state index contributed by atoms with van der Waals surface area (Å²) < 4.78 is 0. The summed E-state index contributed by atoms with van der Waals surface area (Å²) in [5, 5.41) is 0. The molecule has 0 spiro atoms. The van der Waals surface area contributed by atoms with Crippen molar-refractivity contribution < 1.29 is 4.79 Å². The van der Waals surface area contributed by atoms with Gasteiger partial charge in [-0.15, -0.1) is 0 Å². The molecule has 1 amide bonds. The molecule has 2 rings (SSSR count). The molecule has 0 fully saturated rings. The Bertz CT molecular complexity index is 414. The molecule has 1 aromatic carbocycles. The smallest absolute Gasteiger partial charge is 0.248 e. The SMILES string of the molecule is CCN1c2ccc(C(N)=O)cc2CCC1C. The summed E-state index contributed by atoms with van der Waals surface area (Å²) in [6.07, 6.45) is 2.18. The molecule has 1 aliphatic heterocycles. The van der Waals surface area contributed by atoms with Crippen molar-refractivity contribution in [3.63, 3.8) is 0 Å². The van der Waals surface area contributed by atoms with Crippen LogP contribution < -0.4 is 10.6 Å². The lowest BCUT2D eigenvalue weighted by molar-refractivity contribution is 0.1000. The minimum absolute atomic E-state index is 0.343. The molecule has 1 unspecified atom stereocenters. The van der Waals surface area contributed by atoms with Gasteiger partial charge in [0.25, 0.3) is 0 Å². The van der Waals surface area contributed by atoms with Crippen LogP contribution in [0.2, 0.25) is 0 Å². The third-order valence-corrected chi connectivity index (χ3v) is 3.38. The van der Waals surface area contributed by atoms with E-state index < -0.39 is 0 Å². The lowest BCUT2D eigenvalue weighted by Crippen LogP contribution is -2.37. The molecule has 3 heteroatoms. The molecule has 2 N–H and O–H groups in total. The van der Waals surface area contributed by atoms with E-state index in [0.717, 1.165) is 19.4 Å². The van der Waals surface area contributed by atoms with Gasteiger partial charge in [-0.05, 0) is 50.5 Å². The molecule has 86 valence electrons. The molecule has 16 heavy (non-hydrogen) atoms. The van der Waals surface area contributed by atoms with Crippen LogP contribution in [0, 0.1) is 0 Å². The van der Waals surface area contributed by atoms with Crippen LogP contribution in [0.25, 0.3) is 0 Å². The Labute approximate surface area is 96.2 Å². The number of amides is 1. The van der Waals surface area contributed by atoms with Gasteiger partial charge in [-0.2, -0.15) is 0 Å². The Morgan fingerprint density at radius 2 is 2.31 bits per heavy atom. The quantitative estimate of drug-likeness (QED) is 0.824. The van der Waals surface area contributed by atoms with Gasteiger partial charge in [-0.25, -0.2) is 0 Å². The molecule has 0 saturated heterocycles. The van der Waals surface area contributed by atoms with Crippen LogP contribution in [-0.2, 0) is 6.42 Å². The second-order valence-electron chi connectivity index (χ2n) is 4.38. The van der Waals surface area contributed by atoms with Gasteiger partial charge in [-0.3, -0.25) is 4.79 Å². The van der Waals surface area contributed by atoms with Crippen LogP contribution in [0.3, 0.4) is 0 Å². The fourth-order valence-corrected chi connectivity index (χ4v) is 2.46. The van der Waals surface area contributed by atoms with Crippen molar-refractivity contribution in [1.29, 1.82) is 0 Å². The first-order valence-electron chi connectivity index (χ1n) is 5.83. The first-order chi connectivity index (χ1) is 7.63. The molecule has 0 aliphatic carbocycles. The van der Waals surface area contributed by atoms with E-state index in [2.05, 4.69) is 18.7 Å². The highest BCUT2D eigenvalue weighted by Crippen LogP contribution is 2.30. The predicted molar refractivity (Wildman–Crippen MR) is 65.8 cm³/mol. The molecular weight excluding hydrogens is 200 g/mol. The number of fused-ring (bicyclic) bond motifs is 1. The van der Waals surface area contributed by atoms with E-state index in [1.807, 2.05) is 18.2 Å². The van der Waals surface area contributed by atoms with Crippen molar-refractivity contribution in [2.75, 3.05) is 11.4 Å². The number of nitrogens with zero attached hydrogens (tertiary/aromatic N) is 1. The van der Waals surface area contributed by atoms with Gasteiger partial charge in [0.05, 0.1) is 0 Å². The third-order valence-electron chi connectivity index (χ3n) is 3.38. The largest absolute Gasteiger partial charge is 0.369 e. The first-order valence-corrected chi connectivity index (χ1v) is 5.83. The monoisotopic (exact) mass is 218 g/mol. The fraction of sp³-hybridized carbons (Fsp3) is 0.462. The number of carbonyl (C=O) groups is 1. The maximum atomic E-state index is 11.1. The van der Waals surface area contributed by atoms with Crippen LogP contribution in [0.5, 0.6) is 0 Å². The molecule has 1 atom stereocenters. The molecule has 1 heterocycles. The van der Waals surface area contributed by atoms with Gasteiger partial charge in [0, 0.05) is 23.8 Å². The number of primary amides is 1. The van der Waals surface area contributed by atoms with Crippen LogP contribution in [0.15, 0.2) is 18.2 Å². The fourth-order valence-electron chi connectivity index (χ4n) is 2.46. The number of rotatable bonds is 2. The van der Waals surface area contributed by atoms with E-state index >= 15 is 0 Å². The summed E-state index contributed by atoms with van der Waals surface area (Å²) >= 11 is 0. The van der Waals surface area contributed by atoms with E-state index in [1.165, 1.54) is 11.3 Å². The van der Waals surface area contributed by atoms with Crippen molar-refractivity contribution >= 4 is 11.6 Å². The third kappa shape index (κ3) is 1.77. The van der Waals surface area contributed by atoms with Crippen LogP contribution in [0.1, 0.15) is 36.2 Å². The van der Waals surface area contributed by atoms with Crippen molar-refractivity contribution in [1.82, 2.24) is 0 Å². The van der Waals surface area contributed by atoms with Crippen molar-refractivity contribution in [3.8, 4) is 0 Å². The minimum atomic E-state index is -0.343. The second kappa shape index (κ2) is 4.16. The summed E-state index contributed by atoms with van der Waals surface area (Å²) in [5.41, 5.74) is 8.41. The summed E-state index contributed by atoms with van der Waals surface area (Å²) in [7, 11) is 0. The Kier molecular flexibility index (Phi) is 2.86. The second-order valence-corrected chi connectivity index (χ2v) is 4.38. The molecule has 3 nitrogen and oxygen atoms in total. The van der Waals surface area contributed by atoms with Crippen molar-refractivity contribution in [2.45, 2.75) is 32.7 Å². The van der Waals surface area contributed by atoms with Gasteiger partial charge < -0.3 is 10.6 Å². The molecule has 0 saturated carbocycles. The highest BCUT2D eigenvalue weighted by atomic mass is 16.1. The maximum Gasteiger partial charge on any atom is 0.248 e. The summed E-state index contributed by atoms with van der Waals surface area (Å²) in [6.45, 7) is 5.41. The first kappa shape index (κ1) is 11.0. The minimum Gasteiger partial charge on any atom is -0.369 e. The lowest BCUT2D eigenvalue weighted by atomic mass is 9.95. The summed E-state index contributed by atoms with van der Waals surface area (Å²) in [6, 6.07) is 6.36. The summed E-state index contributed by atoms with van der Waals surface area (Å²) in [4.78, 5) is 13.5. The van der Waals surface area contributed by atoms with Gasteiger partial charge in [-0.1, -0.05) is 0 Å². The zero-order chi connectivity index (χ0) is 11.7. The zero-order valence-corrected chi connectivity index (χ0v) is 9.86. The molecule has 1 aromatic rings.